The zero-order chi connectivity index (χ0) is 18.0. The number of ether oxygens (including phenoxy) is 1. The largest absolute Gasteiger partial charge is 0.370 e. The van der Waals surface area contributed by atoms with Gasteiger partial charge in [-0.25, -0.2) is 0 Å². The predicted octanol–water partition coefficient (Wildman–Crippen LogP) is 4.69. The maximum absolute atomic E-state index is 12.8. The number of carbonyl (C=O) groups excluding carboxylic acids is 1. The van der Waals surface area contributed by atoms with Gasteiger partial charge in [0, 0.05) is 13.0 Å². The Morgan fingerprint density at radius 1 is 1.08 bits per heavy atom. The molecule has 1 amide bonds. The van der Waals surface area contributed by atoms with Gasteiger partial charge in [-0.3, -0.25) is 4.79 Å². The fourth-order valence-electron chi connectivity index (χ4n) is 4.09. The van der Waals surface area contributed by atoms with Crippen LogP contribution in [0.5, 0.6) is 0 Å². The van der Waals surface area contributed by atoms with E-state index in [-0.39, 0.29) is 12.0 Å². The van der Waals surface area contributed by atoms with E-state index in [9.17, 15) is 4.79 Å². The number of carbonyl (C=O) groups is 1. The average Bonchev–Trinajstić information content (AvgIpc) is 3.41. The molecule has 1 saturated carbocycles. The van der Waals surface area contributed by atoms with Gasteiger partial charge in [-0.2, -0.15) is 0 Å². The van der Waals surface area contributed by atoms with E-state index in [0.717, 1.165) is 30.7 Å². The summed E-state index contributed by atoms with van der Waals surface area (Å²) in [6.45, 7) is 3.74. The molecule has 0 aromatic heterocycles. The van der Waals surface area contributed by atoms with Gasteiger partial charge in [-0.15, -0.1) is 0 Å². The molecule has 3 nitrogen and oxygen atoms in total. The molecule has 0 spiro atoms. The second-order valence-corrected chi connectivity index (χ2v) is 7.73. The Kier molecular flexibility index (Phi) is 4.82. The highest BCUT2D eigenvalue weighted by atomic mass is 16.5. The first kappa shape index (κ1) is 17.3. The fourth-order valence-corrected chi connectivity index (χ4v) is 4.09. The molecule has 0 N–H and O–H groups in total. The van der Waals surface area contributed by atoms with Gasteiger partial charge in [-0.1, -0.05) is 60.7 Å². The summed E-state index contributed by atoms with van der Waals surface area (Å²) in [4.78, 5) is 14.8. The Morgan fingerprint density at radius 3 is 2.31 bits per heavy atom. The summed E-state index contributed by atoms with van der Waals surface area (Å²) in [5.74, 6) is 0.905. The van der Waals surface area contributed by atoms with Crippen LogP contribution in [0, 0.1) is 5.92 Å². The first-order valence-electron chi connectivity index (χ1n) is 9.72. The van der Waals surface area contributed by atoms with Crippen molar-refractivity contribution in [2.24, 2.45) is 5.92 Å². The lowest BCUT2D eigenvalue weighted by Crippen LogP contribution is -2.49. The molecule has 2 aromatic carbocycles. The number of amides is 1. The molecule has 1 heterocycles. The van der Waals surface area contributed by atoms with Crippen molar-refractivity contribution in [3.8, 4) is 0 Å². The standard InChI is InChI=1S/C23H27NO2/c1-23(20-11-6-3-7-12-20,24-16-8-13-21(24)25)22(26-17-18-14-15-18)19-9-4-2-5-10-19/h2-7,9-12,18,22H,8,13-17H2,1H3/t22-,23+/m0/s1. The quantitative estimate of drug-likeness (QED) is 0.725. The molecule has 4 rings (SSSR count). The average molecular weight is 349 g/mol. The summed E-state index contributed by atoms with van der Waals surface area (Å²) in [6.07, 6.45) is 3.89. The molecule has 0 unspecified atom stereocenters. The normalized spacial score (nSPS) is 20.8. The van der Waals surface area contributed by atoms with Crippen LogP contribution in [-0.4, -0.2) is 24.0 Å². The van der Waals surface area contributed by atoms with E-state index in [1.54, 1.807) is 0 Å². The lowest BCUT2D eigenvalue weighted by Gasteiger charge is -2.45. The minimum Gasteiger partial charge on any atom is -0.370 e. The SMILES string of the molecule is C[C@@](c1ccccc1)([C@@H](OCC1CC1)c1ccccc1)N1CCCC1=O. The van der Waals surface area contributed by atoms with E-state index in [1.165, 1.54) is 12.8 Å². The van der Waals surface area contributed by atoms with Crippen LogP contribution in [0.1, 0.15) is 49.8 Å². The van der Waals surface area contributed by atoms with Gasteiger partial charge in [0.05, 0.1) is 12.1 Å². The summed E-state index contributed by atoms with van der Waals surface area (Å²) in [7, 11) is 0. The lowest BCUT2D eigenvalue weighted by molar-refractivity contribution is -0.142. The number of nitrogens with zero attached hydrogens (tertiary/aromatic N) is 1. The van der Waals surface area contributed by atoms with Crippen molar-refractivity contribution in [3.63, 3.8) is 0 Å². The van der Waals surface area contributed by atoms with Gasteiger partial charge < -0.3 is 9.64 Å². The molecule has 2 atom stereocenters. The Labute approximate surface area is 156 Å². The third kappa shape index (κ3) is 3.28. The molecule has 3 heteroatoms. The summed E-state index contributed by atoms with van der Waals surface area (Å²) in [6, 6.07) is 20.8. The van der Waals surface area contributed by atoms with Gasteiger partial charge in [0.1, 0.15) is 6.10 Å². The molecule has 1 aliphatic carbocycles. The summed E-state index contributed by atoms with van der Waals surface area (Å²) in [5.41, 5.74) is 1.77. The van der Waals surface area contributed by atoms with Gasteiger partial charge in [0.15, 0.2) is 0 Å². The molecule has 26 heavy (non-hydrogen) atoms. The monoisotopic (exact) mass is 349 g/mol. The minimum absolute atomic E-state index is 0.172. The Bertz CT molecular complexity index is 741. The topological polar surface area (TPSA) is 29.5 Å². The molecule has 136 valence electrons. The first-order chi connectivity index (χ1) is 12.7. The van der Waals surface area contributed by atoms with Crippen molar-refractivity contribution in [3.05, 3.63) is 71.8 Å². The van der Waals surface area contributed by atoms with E-state index in [2.05, 4.69) is 55.5 Å². The van der Waals surface area contributed by atoms with Crippen LogP contribution >= 0.6 is 0 Å². The molecule has 1 aliphatic heterocycles. The predicted molar refractivity (Wildman–Crippen MR) is 103 cm³/mol. The minimum atomic E-state index is -0.509. The Hall–Kier alpha value is -2.13. The van der Waals surface area contributed by atoms with Crippen molar-refractivity contribution >= 4 is 5.91 Å². The molecular weight excluding hydrogens is 322 g/mol. The highest BCUT2D eigenvalue weighted by Gasteiger charge is 2.47. The van der Waals surface area contributed by atoms with Crippen LogP contribution in [-0.2, 0) is 15.1 Å². The van der Waals surface area contributed by atoms with Crippen LogP contribution in [0.25, 0.3) is 0 Å². The highest BCUT2D eigenvalue weighted by Crippen LogP contribution is 2.45. The maximum Gasteiger partial charge on any atom is 0.223 e. The number of likely N-dealkylation sites (tertiary alicyclic amines) is 1. The zero-order valence-corrected chi connectivity index (χ0v) is 15.4. The molecule has 0 radical (unpaired) electrons. The van der Waals surface area contributed by atoms with E-state index in [4.69, 9.17) is 4.74 Å². The van der Waals surface area contributed by atoms with Crippen LogP contribution in [0.3, 0.4) is 0 Å². The van der Waals surface area contributed by atoms with Crippen LogP contribution < -0.4 is 0 Å². The van der Waals surface area contributed by atoms with Crippen molar-refractivity contribution in [2.75, 3.05) is 13.2 Å². The van der Waals surface area contributed by atoms with Crippen molar-refractivity contribution in [2.45, 2.75) is 44.2 Å². The molecule has 2 aliphatic rings. The van der Waals surface area contributed by atoms with Gasteiger partial charge in [-0.05, 0) is 43.2 Å². The van der Waals surface area contributed by atoms with E-state index >= 15 is 0 Å². The molecule has 2 fully saturated rings. The number of hydrogen-bond donors (Lipinski definition) is 0. The lowest BCUT2D eigenvalue weighted by atomic mass is 9.81. The summed E-state index contributed by atoms with van der Waals surface area (Å²) < 4.78 is 6.54. The van der Waals surface area contributed by atoms with Gasteiger partial charge in [0.25, 0.3) is 0 Å². The van der Waals surface area contributed by atoms with E-state index in [1.807, 2.05) is 17.0 Å². The summed E-state index contributed by atoms with van der Waals surface area (Å²) >= 11 is 0. The first-order valence-corrected chi connectivity index (χ1v) is 9.72. The van der Waals surface area contributed by atoms with E-state index < -0.39 is 5.54 Å². The zero-order valence-electron chi connectivity index (χ0n) is 15.4. The fraction of sp³-hybridized carbons (Fsp3) is 0.435. The van der Waals surface area contributed by atoms with Crippen LogP contribution in [0.4, 0.5) is 0 Å². The number of rotatable bonds is 7. The second-order valence-electron chi connectivity index (χ2n) is 7.73. The smallest absolute Gasteiger partial charge is 0.223 e. The van der Waals surface area contributed by atoms with Crippen molar-refractivity contribution in [1.29, 1.82) is 0 Å². The van der Waals surface area contributed by atoms with Crippen molar-refractivity contribution in [1.82, 2.24) is 4.90 Å². The van der Waals surface area contributed by atoms with Crippen LogP contribution in [0.2, 0.25) is 0 Å². The molecular formula is C23H27NO2. The third-order valence-electron chi connectivity index (χ3n) is 5.80. The highest BCUT2D eigenvalue weighted by molar-refractivity contribution is 5.79. The molecule has 1 saturated heterocycles. The summed E-state index contributed by atoms with van der Waals surface area (Å²) in [5, 5.41) is 0. The van der Waals surface area contributed by atoms with Gasteiger partial charge in [0.2, 0.25) is 5.91 Å². The Morgan fingerprint density at radius 2 is 1.73 bits per heavy atom. The molecule has 2 aromatic rings. The van der Waals surface area contributed by atoms with E-state index in [0.29, 0.717) is 12.3 Å². The van der Waals surface area contributed by atoms with Crippen molar-refractivity contribution < 1.29 is 9.53 Å². The number of hydrogen-bond acceptors (Lipinski definition) is 2. The number of benzene rings is 2. The molecule has 0 bridgehead atoms. The van der Waals surface area contributed by atoms with Gasteiger partial charge >= 0.3 is 0 Å². The third-order valence-corrected chi connectivity index (χ3v) is 5.80. The van der Waals surface area contributed by atoms with Crippen LogP contribution in [0.15, 0.2) is 60.7 Å². The second kappa shape index (κ2) is 7.24. The maximum atomic E-state index is 12.8. The Balaban J connectivity index is 1.78.